The third-order valence-corrected chi connectivity index (χ3v) is 5.16. The molecule has 158 valence electrons. The van der Waals surface area contributed by atoms with Gasteiger partial charge in [-0.1, -0.05) is 13.8 Å². The van der Waals surface area contributed by atoms with Crippen LogP contribution < -0.4 is 5.32 Å². The van der Waals surface area contributed by atoms with Crippen molar-refractivity contribution in [3.05, 3.63) is 53.2 Å². The Bertz CT molecular complexity index is 1140. The Hall–Kier alpha value is -3.11. The van der Waals surface area contributed by atoms with Crippen molar-refractivity contribution in [2.24, 2.45) is 0 Å². The van der Waals surface area contributed by atoms with Crippen LogP contribution in [-0.2, 0) is 16.4 Å². The van der Waals surface area contributed by atoms with Crippen molar-refractivity contribution < 1.29 is 26.7 Å². The number of pyridine rings is 1. The summed E-state index contributed by atoms with van der Waals surface area (Å²) in [4.78, 5) is 20.1. The molecule has 1 aliphatic rings. The molecule has 0 aromatic carbocycles. The summed E-state index contributed by atoms with van der Waals surface area (Å²) in [6.45, 7) is 3.70. The van der Waals surface area contributed by atoms with Crippen LogP contribution in [-0.4, -0.2) is 25.5 Å². The topological polar surface area (TPSA) is 72.2 Å². The van der Waals surface area contributed by atoms with Crippen molar-refractivity contribution in [1.82, 2.24) is 19.6 Å². The van der Waals surface area contributed by atoms with Crippen molar-refractivity contribution in [2.45, 2.75) is 44.2 Å². The molecule has 0 saturated carbocycles. The quantitative estimate of drug-likeness (QED) is 0.628. The molecule has 1 N–H and O–H groups in total. The molecule has 0 aliphatic heterocycles. The van der Waals surface area contributed by atoms with Gasteiger partial charge in [0.15, 0.2) is 5.65 Å². The molecule has 0 radical (unpaired) electrons. The zero-order valence-electron chi connectivity index (χ0n) is 15.8. The fourth-order valence-corrected chi connectivity index (χ4v) is 3.88. The van der Waals surface area contributed by atoms with Crippen LogP contribution in [0.1, 0.15) is 55.1 Å². The number of rotatable bonds is 3. The molecule has 0 bridgehead atoms. The monoisotopic (exact) mass is 425 g/mol. The number of hydrogen-bond donors (Lipinski definition) is 1. The first-order chi connectivity index (χ1) is 14.0. The van der Waals surface area contributed by atoms with Crippen LogP contribution >= 0.6 is 0 Å². The average Bonchev–Trinajstić information content (AvgIpc) is 3.20. The Balaban J connectivity index is 1.69. The van der Waals surface area contributed by atoms with E-state index in [0.717, 1.165) is 18.5 Å². The van der Waals surface area contributed by atoms with Gasteiger partial charge in [0.05, 0.1) is 18.3 Å². The molecular formula is C19H16F5N5O. The van der Waals surface area contributed by atoms with E-state index >= 15 is 0 Å². The maximum absolute atomic E-state index is 13.1. The summed E-state index contributed by atoms with van der Waals surface area (Å²) in [5.74, 6) is -1.24. The third kappa shape index (κ3) is 3.37. The predicted octanol–water partition coefficient (Wildman–Crippen LogP) is 4.48. The normalized spacial score (nSPS) is 18.1. The highest BCUT2D eigenvalue weighted by Gasteiger charge is 2.43. The summed E-state index contributed by atoms with van der Waals surface area (Å²) in [6, 6.07) is 2.02. The van der Waals surface area contributed by atoms with Crippen LogP contribution in [0.4, 0.5) is 27.6 Å². The summed E-state index contributed by atoms with van der Waals surface area (Å²) in [6.07, 6.45) is -3.55. The molecule has 3 aromatic heterocycles. The molecule has 4 rings (SSSR count). The molecule has 3 heterocycles. The molecule has 1 aliphatic carbocycles. The molecule has 0 fully saturated rings. The second-order valence-electron chi connectivity index (χ2n) is 7.77. The van der Waals surface area contributed by atoms with Crippen molar-refractivity contribution >= 4 is 17.2 Å². The Kier molecular flexibility index (Phi) is 4.51. The highest BCUT2D eigenvalue weighted by molar-refractivity contribution is 5.97. The summed E-state index contributed by atoms with van der Waals surface area (Å²) < 4.78 is 66.0. The van der Waals surface area contributed by atoms with Crippen LogP contribution in [0, 0.1) is 0 Å². The van der Waals surface area contributed by atoms with E-state index in [4.69, 9.17) is 0 Å². The van der Waals surface area contributed by atoms with Crippen LogP contribution in [0.3, 0.4) is 0 Å². The minimum Gasteiger partial charge on any atom is -0.325 e. The Morgan fingerprint density at radius 1 is 1.33 bits per heavy atom. The lowest BCUT2D eigenvalue weighted by Gasteiger charge is -2.19. The van der Waals surface area contributed by atoms with E-state index in [1.54, 1.807) is 0 Å². The Morgan fingerprint density at radius 2 is 2.07 bits per heavy atom. The van der Waals surface area contributed by atoms with Gasteiger partial charge in [0.1, 0.15) is 11.4 Å². The fraction of sp³-hybridized carbons (Fsp3) is 0.368. The van der Waals surface area contributed by atoms with E-state index in [1.807, 2.05) is 13.8 Å². The second kappa shape index (κ2) is 6.71. The molecule has 1 atom stereocenters. The first-order valence-electron chi connectivity index (χ1n) is 8.98. The van der Waals surface area contributed by atoms with Gasteiger partial charge in [-0.05, 0) is 29.5 Å². The van der Waals surface area contributed by atoms with Gasteiger partial charge in [-0.3, -0.25) is 9.78 Å². The average molecular weight is 425 g/mol. The van der Waals surface area contributed by atoms with E-state index in [2.05, 4.69) is 20.4 Å². The fourth-order valence-electron chi connectivity index (χ4n) is 3.88. The third-order valence-electron chi connectivity index (χ3n) is 5.16. The maximum Gasteiger partial charge on any atom is 0.433 e. The van der Waals surface area contributed by atoms with Gasteiger partial charge >= 0.3 is 6.18 Å². The number of halogens is 5. The number of amides is 1. The number of nitrogens with zero attached hydrogens (tertiary/aromatic N) is 4. The van der Waals surface area contributed by atoms with Gasteiger partial charge in [0, 0.05) is 17.4 Å². The number of imidazole rings is 1. The maximum atomic E-state index is 13.1. The molecule has 0 unspecified atom stereocenters. The van der Waals surface area contributed by atoms with E-state index in [9.17, 15) is 26.7 Å². The molecule has 11 heteroatoms. The second-order valence-corrected chi connectivity index (χ2v) is 7.77. The zero-order valence-corrected chi connectivity index (χ0v) is 15.8. The molecule has 1 amide bonds. The van der Waals surface area contributed by atoms with Gasteiger partial charge in [-0.2, -0.15) is 18.3 Å². The number of carbonyl (C=O) groups is 1. The summed E-state index contributed by atoms with van der Waals surface area (Å²) in [7, 11) is 0. The van der Waals surface area contributed by atoms with E-state index in [0.29, 0.717) is 17.5 Å². The van der Waals surface area contributed by atoms with Gasteiger partial charge in [0.25, 0.3) is 6.43 Å². The lowest BCUT2D eigenvalue weighted by Crippen LogP contribution is -2.22. The van der Waals surface area contributed by atoms with Gasteiger partial charge < -0.3 is 5.32 Å². The number of alkyl halides is 5. The smallest absolute Gasteiger partial charge is 0.325 e. The molecule has 0 saturated heterocycles. The predicted molar refractivity (Wildman–Crippen MR) is 96.2 cm³/mol. The number of fused-ring (bicyclic) bond motifs is 3. The molecule has 3 aromatic rings. The Morgan fingerprint density at radius 3 is 2.73 bits per heavy atom. The highest BCUT2D eigenvalue weighted by Crippen LogP contribution is 2.47. The van der Waals surface area contributed by atoms with Crippen molar-refractivity contribution in [3.8, 4) is 0 Å². The van der Waals surface area contributed by atoms with E-state index in [-0.39, 0.29) is 11.3 Å². The first kappa shape index (κ1) is 20.2. The molecule has 0 spiro atoms. The zero-order chi connectivity index (χ0) is 21.8. The Labute approximate surface area is 167 Å². The van der Waals surface area contributed by atoms with Crippen molar-refractivity contribution in [1.29, 1.82) is 0 Å². The van der Waals surface area contributed by atoms with Crippen molar-refractivity contribution in [2.75, 3.05) is 5.32 Å². The van der Waals surface area contributed by atoms with E-state index < -0.39 is 41.2 Å². The number of hydrogen-bond acceptors (Lipinski definition) is 4. The lowest BCUT2D eigenvalue weighted by molar-refractivity contribution is -0.141. The van der Waals surface area contributed by atoms with Crippen LogP contribution in [0.2, 0.25) is 0 Å². The summed E-state index contributed by atoms with van der Waals surface area (Å²) >= 11 is 0. The SMILES string of the molecule is CC1(C)C[C@H](C(=O)Nc2ccnc(C(F)(F)F)c2)c2cnn3cc(C(F)F)nc3c21. The van der Waals surface area contributed by atoms with Gasteiger partial charge in [0.2, 0.25) is 5.91 Å². The molecular weight excluding hydrogens is 409 g/mol. The van der Waals surface area contributed by atoms with Gasteiger partial charge in [-0.25, -0.2) is 18.3 Å². The van der Waals surface area contributed by atoms with Crippen molar-refractivity contribution in [3.63, 3.8) is 0 Å². The summed E-state index contributed by atoms with van der Waals surface area (Å²) in [5, 5.41) is 6.58. The lowest BCUT2D eigenvalue weighted by atomic mass is 9.86. The van der Waals surface area contributed by atoms with Crippen LogP contribution in [0.5, 0.6) is 0 Å². The summed E-state index contributed by atoms with van der Waals surface area (Å²) in [5.41, 5.74) is -0.780. The standard InChI is InChI=1S/C19H16F5N5O/c1-18(2)6-10(17(30)27-9-3-4-25-13(5-9)19(22,23)24)11-7-26-29-8-12(15(20)21)28-16(29)14(11)18/h3-5,7-8,10,15H,6H2,1-2H3,(H,25,27,30)/t10-/m0/s1. The molecule has 6 nitrogen and oxygen atoms in total. The first-order valence-corrected chi connectivity index (χ1v) is 8.98. The largest absolute Gasteiger partial charge is 0.433 e. The van der Waals surface area contributed by atoms with Crippen LogP contribution in [0.15, 0.2) is 30.7 Å². The van der Waals surface area contributed by atoms with Crippen LogP contribution in [0.25, 0.3) is 5.65 Å². The number of aromatic nitrogens is 4. The number of carbonyl (C=O) groups excluding carboxylic acids is 1. The minimum atomic E-state index is -4.64. The number of anilines is 1. The molecule has 30 heavy (non-hydrogen) atoms. The van der Waals surface area contributed by atoms with Gasteiger partial charge in [-0.15, -0.1) is 0 Å². The van der Waals surface area contributed by atoms with E-state index in [1.165, 1.54) is 16.8 Å². The number of nitrogens with one attached hydrogen (secondary N) is 1. The minimum absolute atomic E-state index is 0.0385. The highest BCUT2D eigenvalue weighted by atomic mass is 19.4.